The van der Waals surface area contributed by atoms with Crippen molar-refractivity contribution in [3.8, 4) is 11.5 Å². The average molecular weight is 358 g/mol. The number of ether oxygens (including phenoxy) is 2. The molecule has 0 radical (unpaired) electrons. The quantitative estimate of drug-likeness (QED) is 0.877. The lowest BCUT2D eigenvalue weighted by molar-refractivity contribution is 0.0934. The fourth-order valence-corrected chi connectivity index (χ4v) is 5.12. The zero-order valence-corrected chi connectivity index (χ0v) is 15.5. The molecule has 4 rings (SSSR count). The summed E-state index contributed by atoms with van der Waals surface area (Å²) < 4.78 is 10.8. The SMILES string of the molecule is COc1ccc(OC)c([C@H]2NC(=O)c3c(sc4c3CC[C@@H](C)C4)N2)c1. The van der Waals surface area contributed by atoms with Crippen molar-refractivity contribution < 1.29 is 14.3 Å². The molecule has 132 valence electrons. The summed E-state index contributed by atoms with van der Waals surface area (Å²) in [6.07, 6.45) is 2.87. The number of carbonyl (C=O) groups excluding carboxylic acids is 1. The summed E-state index contributed by atoms with van der Waals surface area (Å²) >= 11 is 1.72. The zero-order valence-electron chi connectivity index (χ0n) is 14.6. The molecule has 6 heteroatoms. The minimum Gasteiger partial charge on any atom is -0.497 e. The van der Waals surface area contributed by atoms with E-state index in [-0.39, 0.29) is 12.1 Å². The molecule has 0 saturated carbocycles. The van der Waals surface area contributed by atoms with E-state index in [0.717, 1.165) is 46.9 Å². The molecular formula is C19H22N2O3S. The molecule has 2 heterocycles. The van der Waals surface area contributed by atoms with Crippen molar-refractivity contribution in [3.63, 3.8) is 0 Å². The van der Waals surface area contributed by atoms with Crippen LogP contribution in [0.1, 0.15) is 45.9 Å². The van der Waals surface area contributed by atoms with E-state index in [0.29, 0.717) is 5.92 Å². The first-order chi connectivity index (χ1) is 12.1. The number of thiophene rings is 1. The van der Waals surface area contributed by atoms with Crippen molar-refractivity contribution in [3.05, 3.63) is 39.8 Å². The molecule has 2 N–H and O–H groups in total. The molecule has 0 fully saturated rings. The van der Waals surface area contributed by atoms with E-state index in [1.165, 1.54) is 10.4 Å². The summed E-state index contributed by atoms with van der Waals surface area (Å²) in [6, 6.07) is 5.61. The lowest BCUT2D eigenvalue weighted by atomic mass is 9.88. The highest BCUT2D eigenvalue weighted by Gasteiger charge is 2.34. The maximum atomic E-state index is 12.8. The molecule has 25 heavy (non-hydrogen) atoms. The van der Waals surface area contributed by atoms with Gasteiger partial charge in [-0.3, -0.25) is 4.79 Å². The largest absolute Gasteiger partial charge is 0.497 e. The number of methoxy groups -OCH3 is 2. The number of carbonyl (C=O) groups is 1. The van der Waals surface area contributed by atoms with Crippen molar-refractivity contribution >= 4 is 22.2 Å². The van der Waals surface area contributed by atoms with Gasteiger partial charge in [0, 0.05) is 10.4 Å². The van der Waals surface area contributed by atoms with Gasteiger partial charge in [0.25, 0.3) is 5.91 Å². The molecule has 1 aliphatic carbocycles. The molecule has 0 saturated heterocycles. The van der Waals surface area contributed by atoms with Gasteiger partial charge >= 0.3 is 0 Å². The molecular weight excluding hydrogens is 336 g/mol. The standard InChI is InChI=1S/C19H22N2O3S/c1-10-4-6-12-15(8-10)25-19-16(12)18(22)20-17(21-19)13-9-11(23-2)5-7-14(13)24-3/h5,7,9-10,17,21H,4,6,8H2,1-3H3,(H,20,22)/t10-,17+/m1/s1. The molecule has 2 aromatic rings. The van der Waals surface area contributed by atoms with Gasteiger partial charge in [0.05, 0.1) is 19.8 Å². The lowest BCUT2D eigenvalue weighted by Gasteiger charge is -2.28. The van der Waals surface area contributed by atoms with Gasteiger partial charge in [-0.05, 0) is 48.9 Å². The summed E-state index contributed by atoms with van der Waals surface area (Å²) in [7, 11) is 3.26. The molecule has 0 unspecified atom stereocenters. The van der Waals surface area contributed by atoms with Crippen molar-refractivity contribution in [1.82, 2.24) is 5.32 Å². The first kappa shape index (κ1) is 16.3. The van der Waals surface area contributed by atoms with Gasteiger partial charge in [0.2, 0.25) is 0 Å². The molecule has 1 aliphatic heterocycles. The highest BCUT2D eigenvalue weighted by molar-refractivity contribution is 7.16. The van der Waals surface area contributed by atoms with Gasteiger partial charge in [-0.25, -0.2) is 0 Å². The van der Waals surface area contributed by atoms with Crippen LogP contribution >= 0.6 is 11.3 Å². The van der Waals surface area contributed by atoms with Crippen LogP contribution in [0.2, 0.25) is 0 Å². The fourth-order valence-electron chi connectivity index (χ4n) is 3.68. The molecule has 0 spiro atoms. The molecule has 0 bridgehead atoms. The second kappa shape index (κ2) is 6.26. The van der Waals surface area contributed by atoms with E-state index in [4.69, 9.17) is 9.47 Å². The van der Waals surface area contributed by atoms with Crippen LogP contribution in [0.4, 0.5) is 5.00 Å². The summed E-state index contributed by atoms with van der Waals surface area (Å²) in [4.78, 5) is 14.2. The second-order valence-electron chi connectivity index (χ2n) is 6.71. The third kappa shape index (κ3) is 2.74. The first-order valence-electron chi connectivity index (χ1n) is 8.54. The number of anilines is 1. The van der Waals surface area contributed by atoms with Gasteiger partial charge in [-0.2, -0.15) is 0 Å². The predicted octanol–water partition coefficient (Wildman–Crippen LogP) is 3.74. The Hall–Kier alpha value is -2.21. The van der Waals surface area contributed by atoms with Crippen LogP contribution in [0.5, 0.6) is 11.5 Å². The van der Waals surface area contributed by atoms with Crippen LogP contribution in [0.15, 0.2) is 18.2 Å². The number of nitrogens with one attached hydrogen (secondary N) is 2. The number of hydrogen-bond donors (Lipinski definition) is 2. The number of fused-ring (bicyclic) bond motifs is 3. The van der Waals surface area contributed by atoms with Crippen LogP contribution in [0.25, 0.3) is 0 Å². The molecule has 1 aromatic carbocycles. The second-order valence-corrected chi connectivity index (χ2v) is 7.82. The molecule has 2 aliphatic rings. The van der Waals surface area contributed by atoms with Gasteiger partial charge in [-0.15, -0.1) is 11.3 Å². The Balaban J connectivity index is 1.72. The zero-order chi connectivity index (χ0) is 17.6. The van der Waals surface area contributed by atoms with Gasteiger partial charge < -0.3 is 20.1 Å². The normalized spacial score (nSPS) is 21.6. The minimum atomic E-state index is -0.331. The van der Waals surface area contributed by atoms with Crippen molar-refractivity contribution in [1.29, 1.82) is 0 Å². The molecule has 2 atom stereocenters. The van der Waals surface area contributed by atoms with Gasteiger partial charge in [0.1, 0.15) is 22.7 Å². The number of benzene rings is 1. The summed E-state index contributed by atoms with van der Waals surface area (Å²) in [5.74, 6) is 2.13. The molecule has 1 amide bonds. The van der Waals surface area contributed by atoms with Crippen LogP contribution in [-0.4, -0.2) is 20.1 Å². The third-order valence-electron chi connectivity index (χ3n) is 5.04. The maximum absolute atomic E-state index is 12.8. The van der Waals surface area contributed by atoms with Crippen LogP contribution < -0.4 is 20.1 Å². The van der Waals surface area contributed by atoms with E-state index in [1.807, 2.05) is 18.2 Å². The highest BCUT2D eigenvalue weighted by Crippen LogP contribution is 2.43. The Morgan fingerprint density at radius 1 is 1.20 bits per heavy atom. The number of rotatable bonds is 3. The minimum absolute atomic E-state index is 0.00400. The lowest BCUT2D eigenvalue weighted by Crippen LogP contribution is -2.38. The van der Waals surface area contributed by atoms with E-state index in [1.54, 1.807) is 25.6 Å². The summed E-state index contributed by atoms with van der Waals surface area (Å²) in [5, 5.41) is 7.55. The summed E-state index contributed by atoms with van der Waals surface area (Å²) in [5.41, 5.74) is 2.93. The first-order valence-corrected chi connectivity index (χ1v) is 9.36. The van der Waals surface area contributed by atoms with E-state index in [2.05, 4.69) is 17.6 Å². The van der Waals surface area contributed by atoms with Crippen LogP contribution in [0, 0.1) is 5.92 Å². The smallest absolute Gasteiger partial charge is 0.256 e. The Bertz CT molecular complexity index is 830. The Morgan fingerprint density at radius 2 is 2.04 bits per heavy atom. The average Bonchev–Trinajstić information content (AvgIpc) is 2.98. The number of amides is 1. The topological polar surface area (TPSA) is 59.6 Å². The fraction of sp³-hybridized carbons (Fsp3) is 0.421. The van der Waals surface area contributed by atoms with Gasteiger partial charge in [0.15, 0.2) is 0 Å². The maximum Gasteiger partial charge on any atom is 0.256 e. The van der Waals surface area contributed by atoms with Gasteiger partial charge in [-0.1, -0.05) is 6.92 Å². The predicted molar refractivity (Wildman–Crippen MR) is 98.9 cm³/mol. The van der Waals surface area contributed by atoms with Crippen molar-refractivity contribution in [2.24, 2.45) is 5.92 Å². The van der Waals surface area contributed by atoms with E-state index >= 15 is 0 Å². The van der Waals surface area contributed by atoms with Crippen LogP contribution in [0.3, 0.4) is 0 Å². The summed E-state index contributed by atoms with van der Waals surface area (Å²) in [6.45, 7) is 2.28. The Kier molecular flexibility index (Phi) is 4.07. The van der Waals surface area contributed by atoms with Crippen LogP contribution in [-0.2, 0) is 12.8 Å². The third-order valence-corrected chi connectivity index (χ3v) is 6.22. The number of hydrogen-bond acceptors (Lipinski definition) is 5. The van der Waals surface area contributed by atoms with E-state index in [9.17, 15) is 4.79 Å². The van der Waals surface area contributed by atoms with E-state index < -0.39 is 0 Å². The Labute approximate surface area is 151 Å². The van der Waals surface area contributed by atoms with Crippen molar-refractivity contribution in [2.45, 2.75) is 32.4 Å². The molecule has 5 nitrogen and oxygen atoms in total. The monoisotopic (exact) mass is 358 g/mol. The Morgan fingerprint density at radius 3 is 2.80 bits per heavy atom. The van der Waals surface area contributed by atoms with Crippen molar-refractivity contribution in [2.75, 3.05) is 19.5 Å². The molecule has 1 aromatic heterocycles. The highest BCUT2D eigenvalue weighted by atomic mass is 32.1.